The van der Waals surface area contributed by atoms with Gasteiger partial charge < -0.3 is 20.8 Å². The second kappa shape index (κ2) is 6.90. The van der Waals surface area contributed by atoms with Gasteiger partial charge in [-0.3, -0.25) is 4.79 Å². The highest BCUT2D eigenvalue weighted by Gasteiger charge is 2.14. The molecule has 0 spiro atoms. The van der Waals surface area contributed by atoms with Crippen molar-refractivity contribution < 1.29 is 9.53 Å². The van der Waals surface area contributed by atoms with Crippen molar-refractivity contribution in [2.45, 2.75) is 19.9 Å². The van der Waals surface area contributed by atoms with Crippen molar-refractivity contribution >= 4 is 5.91 Å². The van der Waals surface area contributed by atoms with E-state index in [2.05, 4.69) is 15.3 Å². The van der Waals surface area contributed by atoms with Gasteiger partial charge in [0.1, 0.15) is 18.2 Å². The van der Waals surface area contributed by atoms with Crippen LogP contribution in [0.2, 0.25) is 0 Å². The molecule has 0 aliphatic rings. The molecule has 4 N–H and O–H groups in total. The average Bonchev–Trinajstić information content (AvgIpc) is 2.92. The third kappa shape index (κ3) is 4.06. The van der Waals surface area contributed by atoms with Crippen LogP contribution in [-0.2, 0) is 0 Å². The van der Waals surface area contributed by atoms with E-state index in [9.17, 15) is 4.79 Å². The maximum Gasteiger partial charge on any atom is 0.251 e. The van der Waals surface area contributed by atoms with Crippen LogP contribution < -0.4 is 15.8 Å². The predicted octanol–water partition coefficient (Wildman–Crippen LogP) is 1.55. The summed E-state index contributed by atoms with van der Waals surface area (Å²) in [6.07, 6.45) is 1.74. The van der Waals surface area contributed by atoms with Gasteiger partial charge in [0.2, 0.25) is 0 Å². The lowest BCUT2D eigenvalue weighted by Crippen LogP contribution is -2.27. The number of amides is 1. The fourth-order valence-corrected chi connectivity index (χ4v) is 1.91. The van der Waals surface area contributed by atoms with Crippen molar-refractivity contribution in [1.29, 1.82) is 0 Å². The molecule has 2 aromatic rings. The molecule has 0 aliphatic heterocycles. The molecule has 112 valence electrons. The number of nitrogens with one attached hydrogen (secondary N) is 2. The zero-order chi connectivity index (χ0) is 15.2. The van der Waals surface area contributed by atoms with Crippen LogP contribution in [0.5, 0.6) is 5.75 Å². The van der Waals surface area contributed by atoms with Crippen LogP contribution in [0.25, 0.3) is 0 Å². The number of nitrogens with two attached hydrogens (primary N) is 1. The van der Waals surface area contributed by atoms with Crippen LogP contribution in [0, 0.1) is 6.92 Å². The number of hydrogen-bond acceptors (Lipinski definition) is 4. The van der Waals surface area contributed by atoms with Gasteiger partial charge in [-0.1, -0.05) is 6.07 Å². The van der Waals surface area contributed by atoms with E-state index >= 15 is 0 Å². The zero-order valence-corrected chi connectivity index (χ0v) is 12.2. The summed E-state index contributed by atoms with van der Waals surface area (Å²) in [5, 5.41) is 2.90. The first kappa shape index (κ1) is 15.1. The SMILES string of the molecule is Cc1cnc([C@H](C)NC(=O)c2cccc(OCCN)c2)[nH]1. The second-order valence-corrected chi connectivity index (χ2v) is 4.81. The van der Waals surface area contributed by atoms with Crippen LogP contribution >= 0.6 is 0 Å². The third-order valence-electron chi connectivity index (χ3n) is 2.96. The van der Waals surface area contributed by atoms with Gasteiger partial charge in [-0.2, -0.15) is 0 Å². The van der Waals surface area contributed by atoms with Crippen molar-refractivity contribution in [3.8, 4) is 5.75 Å². The molecule has 0 radical (unpaired) electrons. The first-order valence-electron chi connectivity index (χ1n) is 6.85. The number of rotatable bonds is 6. The van der Waals surface area contributed by atoms with E-state index in [4.69, 9.17) is 10.5 Å². The van der Waals surface area contributed by atoms with Crippen molar-refractivity contribution in [3.63, 3.8) is 0 Å². The summed E-state index contributed by atoms with van der Waals surface area (Å²) >= 11 is 0. The van der Waals surface area contributed by atoms with E-state index in [0.29, 0.717) is 24.5 Å². The minimum Gasteiger partial charge on any atom is -0.492 e. The highest BCUT2D eigenvalue weighted by molar-refractivity contribution is 5.94. The van der Waals surface area contributed by atoms with Crippen LogP contribution in [0.4, 0.5) is 0 Å². The van der Waals surface area contributed by atoms with Gasteiger partial charge in [-0.15, -0.1) is 0 Å². The number of carbonyl (C=O) groups excluding carboxylic acids is 1. The molecule has 0 bridgehead atoms. The third-order valence-corrected chi connectivity index (χ3v) is 2.96. The standard InChI is InChI=1S/C15H20N4O2/c1-10-9-17-14(18-10)11(2)19-15(20)12-4-3-5-13(8-12)21-7-6-16/h3-5,8-9,11H,6-7,16H2,1-2H3,(H,17,18)(H,19,20)/t11-/m0/s1. The Morgan fingerprint density at radius 2 is 2.33 bits per heavy atom. The minimum atomic E-state index is -0.195. The van der Waals surface area contributed by atoms with Gasteiger partial charge in [0.15, 0.2) is 0 Å². The Morgan fingerprint density at radius 1 is 1.52 bits per heavy atom. The largest absolute Gasteiger partial charge is 0.492 e. The summed E-state index contributed by atoms with van der Waals surface area (Å²) in [4.78, 5) is 19.5. The highest BCUT2D eigenvalue weighted by atomic mass is 16.5. The zero-order valence-electron chi connectivity index (χ0n) is 12.2. The quantitative estimate of drug-likeness (QED) is 0.751. The Balaban J connectivity index is 2.02. The fraction of sp³-hybridized carbons (Fsp3) is 0.333. The fourth-order valence-electron chi connectivity index (χ4n) is 1.91. The summed E-state index contributed by atoms with van der Waals surface area (Å²) in [7, 11) is 0. The summed E-state index contributed by atoms with van der Waals surface area (Å²) in [5.74, 6) is 1.20. The first-order valence-corrected chi connectivity index (χ1v) is 6.85. The number of nitrogens with zero attached hydrogens (tertiary/aromatic N) is 1. The number of hydrogen-bond donors (Lipinski definition) is 3. The maximum atomic E-state index is 12.2. The Bertz CT molecular complexity index is 609. The first-order chi connectivity index (χ1) is 10.1. The van der Waals surface area contributed by atoms with Crippen LogP contribution in [0.3, 0.4) is 0 Å². The van der Waals surface area contributed by atoms with Crippen LogP contribution in [0.1, 0.15) is 34.8 Å². The predicted molar refractivity (Wildman–Crippen MR) is 80.2 cm³/mol. The van der Waals surface area contributed by atoms with Crippen molar-refractivity contribution in [1.82, 2.24) is 15.3 Å². The molecule has 1 heterocycles. The molecule has 0 fully saturated rings. The molecular formula is C15H20N4O2. The van der Waals surface area contributed by atoms with Gasteiger partial charge in [0.25, 0.3) is 5.91 Å². The Kier molecular flexibility index (Phi) is 4.94. The molecule has 0 saturated heterocycles. The maximum absolute atomic E-state index is 12.2. The molecule has 1 aromatic heterocycles. The number of carbonyl (C=O) groups is 1. The lowest BCUT2D eigenvalue weighted by atomic mass is 10.2. The molecule has 2 rings (SSSR count). The van der Waals surface area contributed by atoms with Gasteiger partial charge in [0.05, 0.1) is 6.04 Å². The van der Waals surface area contributed by atoms with Gasteiger partial charge >= 0.3 is 0 Å². The van der Waals surface area contributed by atoms with Crippen molar-refractivity contribution in [3.05, 3.63) is 47.5 Å². The van der Waals surface area contributed by atoms with E-state index in [1.807, 2.05) is 13.8 Å². The number of ether oxygens (including phenoxy) is 1. The topological polar surface area (TPSA) is 93.0 Å². The van der Waals surface area contributed by atoms with Crippen molar-refractivity contribution in [2.75, 3.05) is 13.2 Å². The number of benzene rings is 1. The second-order valence-electron chi connectivity index (χ2n) is 4.81. The Morgan fingerprint density at radius 3 is 3.00 bits per heavy atom. The summed E-state index contributed by atoms with van der Waals surface area (Å²) in [6, 6.07) is 6.82. The highest BCUT2D eigenvalue weighted by Crippen LogP contribution is 2.15. The monoisotopic (exact) mass is 288 g/mol. The smallest absolute Gasteiger partial charge is 0.251 e. The minimum absolute atomic E-state index is 0.172. The van der Waals surface area contributed by atoms with Crippen LogP contribution in [0.15, 0.2) is 30.5 Å². The van der Waals surface area contributed by atoms with Gasteiger partial charge in [-0.25, -0.2) is 4.98 Å². The average molecular weight is 288 g/mol. The molecule has 21 heavy (non-hydrogen) atoms. The lowest BCUT2D eigenvalue weighted by molar-refractivity contribution is 0.0938. The van der Waals surface area contributed by atoms with Crippen LogP contribution in [-0.4, -0.2) is 29.0 Å². The molecule has 0 saturated carbocycles. The van der Waals surface area contributed by atoms with E-state index in [1.165, 1.54) is 0 Å². The summed E-state index contributed by atoms with van der Waals surface area (Å²) in [5.41, 5.74) is 6.89. The molecule has 0 unspecified atom stereocenters. The number of imidazole rings is 1. The number of aryl methyl sites for hydroxylation is 1. The normalized spacial score (nSPS) is 12.0. The molecule has 1 amide bonds. The molecular weight excluding hydrogens is 268 g/mol. The van der Waals surface area contributed by atoms with E-state index in [1.54, 1.807) is 30.5 Å². The molecule has 1 aromatic carbocycles. The molecule has 0 aliphatic carbocycles. The lowest BCUT2D eigenvalue weighted by Gasteiger charge is -2.12. The Labute approximate surface area is 123 Å². The molecule has 1 atom stereocenters. The van der Waals surface area contributed by atoms with E-state index in [-0.39, 0.29) is 11.9 Å². The van der Waals surface area contributed by atoms with E-state index < -0.39 is 0 Å². The summed E-state index contributed by atoms with van der Waals surface area (Å²) < 4.78 is 5.42. The number of aromatic amines is 1. The van der Waals surface area contributed by atoms with Gasteiger partial charge in [-0.05, 0) is 32.0 Å². The summed E-state index contributed by atoms with van der Waals surface area (Å²) in [6.45, 7) is 4.66. The molecule has 6 nitrogen and oxygen atoms in total. The number of aromatic nitrogens is 2. The van der Waals surface area contributed by atoms with Crippen molar-refractivity contribution in [2.24, 2.45) is 5.73 Å². The molecule has 6 heteroatoms. The van der Waals surface area contributed by atoms with Gasteiger partial charge in [0, 0.05) is 24.0 Å². The Hall–Kier alpha value is -2.34. The number of H-pyrrole nitrogens is 1. The van der Waals surface area contributed by atoms with E-state index in [0.717, 1.165) is 11.5 Å².